The van der Waals surface area contributed by atoms with E-state index >= 15 is 0 Å². The Morgan fingerprint density at radius 2 is 1.89 bits per heavy atom. The fourth-order valence-corrected chi connectivity index (χ4v) is 4.70. The van der Waals surface area contributed by atoms with E-state index in [-0.39, 0.29) is 23.2 Å². The van der Waals surface area contributed by atoms with Crippen molar-refractivity contribution in [2.45, 2.75) is 44.4 Å². The average molecular weight is 373 g/mol. The second-order valence-electron chi connectivity index (χ2n) is 8.24. The second-order valence-corrected chi connectivity index (χ2v) is 8.24. The number of rotatable bonds is 6. The molecule has 0 bridgehead atoms. The van der Waals surface area contributed by atoms with Crippen molar-refractivity contribution in [3.63, 3.8) is 0 Å². The molecule has 2 fully saturated rings. The molecule has 2 aliphatic heterocycles. The van der Waals surface area contributed by atoms with Crippen LogP contribution in [-0.2, 0) is 14.3 Å². The molecule has 1 aromatic rings. The summed E-state index contributed by atoms with van der Waals surface area (Å²) in [5.74, 6) is 0.142. The molecule has 0 aromatic heterocycles. The first-order chi connectivity index (χ1) is 13.0. The molecule has 2 aliphatic rings. The van der Waals surface area contributed by atoms with Crippen molar-refractivity contribution in [1.82, 2.24) is 9.80 Å². The van der Waals surface area contributed by atoms with Crippen molar-refractivity contribution in [2.24, 2.45) is 5.41 Å². The number of hydrogen-bond acceptors (Lipinski definition) is 4. The molecule has 0 aliphatic carbocycles. The zero-order valence-corrected chi connectivity index (χ0v) is 16.7. The van der Waals surface area contributed by atoms with Crippen LogP contribution in [0.4, 0.5) is 0 Å². The first-order valence-electron chi connectivity index (χ1n) is 10.1. The minimum atomic E-state index is -0.116. The van der Waals surface area contributed by atoms with E-state index < -0.39 is 0 Å². The number of unbranched alkanes of at least 4 members (excludes halogenated alkanes) is 1. The van der Waals surface area contributed by atoms with Gasteiger partial charge in [-0.3, -0.25) is 9.59 Å². The highest BCUT2D eigenvalue weighted by atomic mass is 16.5. The van der Waals surface area contributed by atoms with Crippen LogP contribution in [0.5, 0.6) is 0 Å². The first kappa shape index (κ1) is 19.9. The molecule has 3 rings (SSSR count). The molecule has 2 heterocycles. The van der Waals surface area contributed by atoms with Gasteiger partial charge in [0.25, 0.3) is 0 Å². The number of carbonyl (C=O) groups is 2. The maximum absolute atomic E-state index is 12.7. The Balaban J connectivity index is 1.53. The number of likely N-dealkylation sites (N-methyl/N-ethyl adjacent to an activating group) is 1. The fraction of sp³-hybridized carbons (Fsp3) is 0.636. The topological polar surface area (TPSA) is 49.9 Å². The quantitative estimate of drug-likeness (QED) is 0.569. The van der Waals surface area contributed by atoms with Crippen LogP contribution in [0, 0.1) is 5.41 Å². The van der Waals surface area contributed by atoms with Gasteiger partial charge >= 0.3 is 5.97 Å². The smallest absolute Gasteiger partial charge is 0.305 e. The molecule has 0 radical (unpaired) electrons. The number of ether oxygens (including phenoxy) is 1. The lowest BCUT2D eigenvalue weighted by Crippen LogP contribution is -2.52. The van der Waals surface area contributed by atoms with Gasteiger partial charge in [0.05, 0.1) is 13.0 Å². The largest absolute Gasteiger partial charge is 0.469 e. The number of methoxy groups -OCH3 is 1. The van der Waals surface area contributed by atoms with Crippen LogP contribution < -0.4 is 0 Å². The Morgan fingerprint density at radius 3 is 2.56 bits per heavy atom. The highest BCUT2D eigenvalue weighted by Gasteiger charge is 2.44. The van der Waals surface area contributed by atoms with Crippen molar-refractivity contribution in [3.05, 3.63) is 35.9 Å². The van der Waals surface area contributed by atoms with Gasteiger partial charge in [-0.2, -0.15) is 0 Å². The van der Waals surface area contributed by atoms with Gasteiger partial charge in [-0.1, -0.05) is 30.3 Å². The summed E-state index contributed by atoms with van der Waals surface area (Å²) in [6.07, 6.45) is 5.70. The molecule has 2 saturated heterocycles. The van der Waals surface area contributed by atoms with Crippen molar-refractivity contribution < 1.29 is 14.3 Å². The molecule has 5 nitrogen and oxygen atoms in total. The Hall–Kier alpha value is -1.88. The van der Waals surface area contributed by atoms with Gasteiger partial charge in [0.1, 0.15) is 0 Å². The highest BCUT2D eigenvalue weighted by molar-refractivity contribution is 5.84. The van der Waals surface area contributed by atoms with E-state index in [0.29, 0.717) is 6.42 Å². The summed E-state index contributed by atoms with van der Waals surface area (Å²) in [4.78, 5) is 28.4. The number of nitrogens with zero attached hydrogens (tertiary/aromatic N) is 2. The third-order valence-electron chi connectivity index (χ3n) is 6.34. The number of hydrogen-bond donors (Lipinski definition) is 0. The fourth-order valence-electron chi connectivity index (χ4n) is 4.70. The first-order valence-corrected chi connectivity index (χ1v) is 10.1. The Labute approximate surface area is 162 Å². The lowest BCUT2D eigenvalue weighted by atomic mass is 9.67. The van der Waals surface area contributed by atoms with Gasteiger partial charge in [0.15, 0.2) is 0 Å². The minimum Gasteiger partial charge on any atom is -0.469 e. The van der Waals surface area contributed by atoms with Gasteiger partial charge in [0.2, 0.25) is 5.91 Å². The summed E-state index contributed by atoms with van der Waals surface area (Å²) < 4.78 is 4.70. The third kappa shape index (κ3) is 4.89. The average Bonchev–Trinajstić information content (AvgIpc) is 2.70. The zero-order valence-electron chi connectivity index (χ0n) is 16.7. The van der Waals surface area contributed by atoms with Crippen molar-refractivity contribution in [1.29, 1.82) is 0 Å². The van der Waals surface area contributed by atoms with Crippen molar-refractivity contribution in [3.8, 4) is 0 Å². The molecule has 0 saturated carbocycles. The van der Waals surface area contributed by atoms with E-state index in [1.54, 1.807) is 0 Å². The number of amides is 1. The predicted octanol–water partition coefficient (Wildman–Crippen LogP) is 3.06. The van der Waals surface area contributed by atoms with Gasteiger partial charge in [-0.15, -0.1) is 0 Å². The number of benzene rings is 1. The van der Waals surface area contributed by atoms with E-state index in [0.717, 1.165) is 63.8 Å². The van der Waals surface area contributed by atoms with Crippen LogP contribution >= 0.6 is 0 Å². The SMILES string of the molecule is COC(=O)CCCCN1CCC2(CC1)CC(c1ccccc1)C(=O)N(C)C2. The normalized spacial score (nSPS) is 22.8. The summed E-state index contributed by atoms with van der Waals surface area (Å²) in [6, 6.07) is 10.2. The zero-order chi connectivity index (χ0) is 19.3. The van der Waals surface area contributed by atoms with E-state index in [4.69, 9.17) is 4.74 Å². The molecule has 5 heteroatoms. The molecule has 27 heavy (non-hydrogen) atoms. The highest BCUT2D eigenvalue weighted by Crippen LogP contribution is 2.45. The van der Waals surface area contributed by atoms with Crippen LogP contribution in [0.1, 0.15) is 50.0 Å². The minimum absolute atomic E-state index is 0.00319. The lowest BCUT2D eigenvalue weighted by molar-refractivity contribution is -0.141. The van der Waals surface area contributed by atoms with Crippen LogP contribution in [0.15, 0.2) is 30.3 Å². The van der Waals surface area contributed by atoms with Crippen LogP contribution in [0.3, 0.4) is 0 Å². The van der Waals surface area contributed by atoms with Gasteiger partial charge in [0, 0.05) is 20.0 Å². The monoisotopic (exact) mass is 372 g/mol. The molecule has 0 N–H and O–H groups in total. The van der Waals surface area contributed by atoms with E-state index in [2.05, 4.69) is 17.0 Å². The molecule has 1 amide bonds. The number of likely N-dealkylation sites (tertiary alicyclic amines) is 2. The summed E-state index contributed by atoms with van der Waals surface area (Å²) in [7, 11) is 3.40. The Bertz CT molecular complexity index is 638. The molecule has 148 valence electrons. The van der Waals surface area contributed by atoms with E-state index in [1.165, 1.54) is 7.11 Å². The molecule has 1 aromatic carbocycles. The van der Waals surface area contributed by atoms with Gasteiger partial charge < -0.3 is 14.5 Å². The van der Waals surface area contributed by atoms with E-state index in [1.807, 2.05) is 30.1 Å². The number of esters is 1. The second kappa shape index (κ2) is 8.87. The summed E-state index contributed by atoms with van der Waals surface area (Å²) in [5, 5.41) is 0. The molecular formula is C22H32N2O3. The van der Waals surface area contributed by atoms with Crippen molar-refractivity contribution >= 4 is 11.9 Å². The molecule has 1 unspecified atom stereocenters. The molecular weight excluding hydrogens is 340 g/mol. The maximum Gasteiger partial charge on any atom is 0.305 e. The summed E-state index contributed by atoms with van der Waals surface area (Å²) in [5.41, 5.74) is 1.39. The summed E-state index contributed by atoms with van der Waals surface area (Å²) in [6.45, 7) is 4.10. The standard InChI is InChI=1S/C22H32N2O3/c1-23-17-22(16-19(21(23)26)18-8-4-3-5-9-18)11-14-24(15-12-22)13-7-6-10-20(25)27-2/h3-5,8-9,19H,6-7,10-17H2,1-2H3. The third-order valence-corrected chi connectivity index (χ3v) is 6.34. The van der Waals surface area contributed by atoms with Crippen molar-refractivity contribution in [2.75, 3.05) is 40.3 Å². The van der Waals surface area contributed by atoms with Crippen LogP contribution in [0.2, 0.25) is 0 Å². The summed E-state index contributed by atoms with van der Waals surface area (Å²) >= 11 is 0. The number of carbonyl (C=O) groups excluding carboxylic acids is 2. The Morgan fingerprint density at radius 1 is 1.19 bits per heavy atom. The van der Waals surface area contributed by atoms with Crippen LogP contribution in [-0.4, -0.2) is 62.0 Å². The van der Waals surface area contributed by atoms with Gasteiger partial charge in [-0.25, -0.2) is 0 Å². The number of piperidine rings is 2. The Kier molecular flexibility index (Phi) is 6.53. The van der Waals surface area contributed by atoms with Gasteiger partial charge in [-0.05, 0) is 62.7 Å². The molecule has 1 spiro atoms. The maximum atomic E-state index is 12.7. The lowest BCUT2D eigenvalue weighted by Gasteiger charge is -2.49. The predicted molar refractivity (Wildman–Crippen MR) is 105 cm³/mol. The molecule has 1 atom stereocenters. The van der Waals surface area contributed by atoms with Crippen LogP contribution in [0.25, 0.3) is 0 Å². The van der Waals surface area contributed by atoms with E-state index in [9.17, 15) is 9.59 Å².